The molecule has 0 unspecified atom stereocenters. The standard InChI is InChI=1S/C21H25N3O4/c1-15-11-18(12-16(2)22-15)24-9-7-23(8-10-24)13-20(25)17-3-5-19(6-4-17)28-14-21(26)27/h3-6,11-12H,7-10,13-14H2,1-2H3,(H,26,27). The molecule has 1 aromatic carbocycles. The SMILES string of the molecule is Cc1cc(N2CCN(CC(=O)c3ccc(OCC(=O)O)cc3)CC2)cc(C)n1. The summed E-state index contributed by atoms with van der Waals surface area (Å²) in [5.74, 6) is -0.541. The van der Waals surface area contributed by atoms with E-state index in [4.69, 9.17) is 9.84 Å². The van der Waals surface area contributed by atoms with Crippen molar-refractivity contribution in [1.82, 2.24) is 9.88 Å². The van der Waals surface area contributed by atoms with Crippen LogP contribution >= 0.6 is 0 Å². The van der Waals surface area contributed by atoms with Crippen LogP contribution in [0.3, 0.4) is 0 Å². The molecule has 1 aliphatic heterocycles. The van der Waals surface area contributed by atoms with Crippen molar-refractivity contribution in [3.8, 4) is 5.75 Å². The van der Waals surface area contributed by atoms with E-state index >= 15 is 0 Å². The number of aromatic nitrogens is 1. The van der Waals surface area contributed by atoms with Gasteiger partial charge in [0.1, 0.15) is 5.75 Å². The van der Waals surface area contributed by atoms with Crippen molar-refractivity contribution in [3.63, 3.8) is 0 Å². The number of ketones is 1. The summed E-state index contributed by atoms with van der Waals surface area (Å²) < 4.78 is 5.09. The Balaban J connectivity index is 1.51. The number of benzene rings is 1. The van der Waals surface area contributed by atoms with E-state index in [1.54, 1.807) is 24.3 Å². The maximum atomic E-state index is 12.5. The zero-order valence-corrected chi connectivity index (χ0v) is 16.2. The highest BCUT2D eigenvalue weighted by atomic mass is 16.5. The van der Waals surface area contributed by atoms with Gasteiger partial charge >= 0.3 is 5.97 Å². The summed E-state index contributed by atoms with van der Waals surface area (Å²) in [6.07, 6.45) is 0. The third kappa shape index (κ3) is 5.29. The van der Waals surface area contributed by atoms with Gasteiger partial charge in [0, 0.05) is 48.8 Å². The largest absolute Gasteiger partial charge is 0.482 e. The quantitative estimate of drug-likeness (QED) is 0.734. The summed E-state index contributed by atoms with van der Waals surface area (Å²) in [5, 5.41) is 8.63. The molecule has 3 rings (SSSR count). The third-order valence-electron chi connectivity index (χ3n) is 4.71. The minimum Gasteiger partial charge on any atom is -0.482 e. The van der Waals surface area contributed by atoms with Crippen LogP contribution in [0.25, 0.3) is 0 Å². The molecule has 1 aromatic heterocycles. The number of carbonyl (C=O) groups is 2. The van der Waals surface area contributed by atoms with Gasteiger partial charge in [-0.05, 0) is 50.2 Å². The van der Waals surface area contributed by atoms with E-state index < -0.39 is 12.6 Å². The van der Waals surface area contributed by atoms with Crippen molar-refractivity contribution in [3.05, 3.63) is 53.3 Å². The normalized spacial score (nSPS) is 14.7. The molecule has 0 amide bonds. The molecule has 2 heterocycles. The van der Waals surface area contributed by atoms with Crippen LogP contribution in [-0.2, 0) is 4.79 Å². The highest BCUT2D eigenvalue weighted by Crippen LogP contribution is 2.19. The number of aryl methyl sites for hydroxylation is 2. The van der Waals surface area contributed by atoms with Gasteiger partial charge in [-0.1, -0.05) is 0 Å². The Kier molecular flexibility index (Phi) is 6.26. The molecule has 28 heavy (non-hydrogen) atoms. The third-order valence-corrected chi connectivity index (χ3v) is 4.71. The zero-order chi connectivity index (χ0) is 20.1. The molecule has 0 bridgehead atoms. The molecule has 7 nitrogen and oxygen atoms in total. The van der Waals surface area contributed by atoms with Crippen molar-refractivity contribution >= 4 is 17.4 Å². The van der Waals surface area contributed by atoms with Gasteiger partial charge < -0.3 is 14.7 Å². The first-order valence-electron chi connectivity index (χ1n) is 9.31. The molecule has 0 atom stereocenters. The molecular formula is C21H25N3O4. The van der Waals surface area contributed by atoms with Crippen molar-refractivity contribution in [2.45, 2.75) is 13.8 Å². The molecule has 0 saturated carbocycles. The molecule has 1 saturated heterocycles. The average Bonchev–Trinajstić information content (AvgIpc) is 2.66. The number of anilines is 1. The van der Waals surface area contributed by atoms with Crippen molar-refractivity contribution in [2.75, 3.05) is 44.2 Å². The van der Waals surface area contributed by atoms with Crippen LogP contribution in [0.1, 0.15) is 21.7 Å². The van der Waals surface area contributed by atoms with Crippen LogP contribution in [0.4, 0.5) is 5.69 Å². The molecule has 2 aromatic rings. The summed E-state index contributed by atoms with van der Waals surface area (Å²) >= 11 is 0. The topological polar surface area (TPSA) is 83.0 Å². The lowest BCUT2D eigenvalue weighted by Gasteiger charge is -2.36. The number of nitrogens with zero attached hydrogens (tertiary/aromatic N) is 3. The number of carboxylic acids is 1. The smallest absolute Gasteiger partial charge is 0.341 e. The number of rotatable bonds is 7. The van der Waals surface area contributed by atoms with Gasteiger partial charge in [-0.25, -0.2) is 4.79 Å². The van der Waals surface area contributed by atoms with Crippen LogP contribution < -0.4 is 9.64 Å². The summed E-state index contributed by atoms with van der Waals surface area (Å²) in [7, 11) is 0. The molecular weight excluding hydrogens is 358 g/mol. The van der Waals surface area contributed by atoms with Crippen LogP contribution in [0.5, 0.6) is 5.75 Å². The molecule has 148 valence electrons. The van der Waals surface area contributed by atoms with Crippen LogP contribution in [0.15, 0.2) is 36.4 Å². The maximum Gasteiger partial charge on any atom is 0.341 e. The van der Waals surface area contributed by atoms with Gasteiger partial charge in [0.2, 0.25) is 0 Å². The summed E-state index contributed by atoms with van der Waals surface area (Å²) in [6.45, 7) is 7.38. The Labute approximate surface area is 164 Å². The number of hydrogen-bond acceptors (Lipinski definition) is 6. The molecule has 0 radical (unpaired) electrons. The number of carboxylic acid groups (broad SMARTS) is 1. The van der Waals surface area contributed by atoms with Gasteiger partial charge in [0.25, 0.3) is 0 Å². The second-order valence-electron chi connectivity index (χ2n) is 7.00. The van der Waals surface area contributed by atoms with Crippen LogP contribution in [-0.4, -0.2) is 66.1 Å². The first-order chi connectivity index (χ1) is 13.4. The lowest BCUT2D eigenvalue weighted by molar-refractivity contribution is -0.139. The van der Waals surface area contributed by atoms with Gasteiger partial charge in [-0.3, -0.25) is 14.7 Å². The first-order valence-corrected chi connectivity index (χ1v) is 9.31. The fourth-order valence-electron chi connectivity index (χ4n) is 3.34. The van der Waals surface area contributed by atoms with E-state index in [0.717, 1.165) is 37.6 Å². The molecule has 0 aliphatic carbocycles. The van der Waals surface area contributed by atoms with Gasteiger partial charge in [0.05, 0.1) is 6.54 Å². The lowest BCUT2D eigenvalue weighted by Crippen LogP contribution is -2.48. The van der Waals surface area contributed by atoms with Crippen LogP contribution in [0, 0.1) is 13.8 Å². The number of ether oxygens (including phenoxy) is 1. The van der Waals surface area contributed by atoms with E-state index in [1.165, 1.54) is 5.69 Å². The Morgan fingerprint density at radius 2 is 1.64 bits per heavy atom. The van der Waals surface area contributed by atoms with Gasteiger partial charge in [0.15, 0.2) is 12.4 Å². The Morgan fingerprint density at radius 3 is 2.21 bits per heavy atom. The number of piperazine rings is 1. The van der Waals surface area contributed by atoms with E-state index in [0.29, 0.717) is 17.9 Å². The van der Waals surface area contributed by atoms with E-state index in [2.05, 4.69) is 26.9 Å². The number of carbonyl (C=O) groups excluding carboxylic acids is 1. The number of Topliss-reactive ketones (excluding diaryl/α,β-unsaturated/α-hetero) is 1. The summed E-state index contributed by atoms with van der Waals surface area (Å²) in [6, 6.07) is 10.8. The molecule has 7 heteroatoms. The Bertz CT molecular complexity index is 823. The Hall–Kier alpha value is -2.93. The number of hydrogen-bond donors (Lipinski definition) is 1. The predicted molar refractivity (Wildman–Crippen MR) is 106 cm³/mol. The van der Waals surface area contributed by atoms with E-state index in [-0.39, 0.29) is 5.78 Å². The first kappa shape index (κ1) is 19.8. The highest BCUT2D eigenvalue weighted by Gasteiger charge is 2.20. The highest BCUT2D eigenvalue weighted by molar-refractivity contribution is 5.97. The van der Waals surface area contributed by atoms with E-state index in [1.807, 2.05) is 13.8 Å². The van der Waals surface area contributed by atoms with Gasteiger partial charge in [-0.15, -0.1) is 0 Å². The summed E-state index contributed by atoms with van der Waals surface area (Å²) in [4.78, 5) is 32.0. The number of aliphatic carboxylic acids is 1. The molecule has 1 N–H and O–H groups in total. The van der Waals surface area contributed by atoms with E-state index in [9.17, 15) is 9.59 Å². The van der Waals surface area contributed by atoms with Crippen molar-refractivity contribution < 1.29 is 19.4 Å². The average molecular weight is 383 g/mol. The monoisotopic (exact) mass is 383 g/mol. The second kappa shape index (κ2) is 8.84. The zero-order valence-electron chi connectivity index (χ0n) is 16.2. The fraction of sp³-hybridized carbons (Fsp3) is 0.381. The maximum absolute atomic E-state index is 12.5. The fourth-order valence-corrected chi connectivity index (χ4v) is 3.34. The van der Waals surface area contributed by atoms with Crippen molar-refractivity contribution in [2.24, 2.45) is 0 Å². The number of pyridine rings is 1. The minimum atomic E-state index is -1.03. The molecule has 0 spiro atoms. The molecule has 1 aliphatic rings. The molecule has 1 fully saturated rings. The van der Waals surface area contributed by atoms with Gasteiger partial charge in [-0.2, -0.15) is 0 Å². The predicted octanol–water partition coefficient (Wildman–Crippen LogP) is 2.17. The Morgan fingerprint density at radius 1 is 1.04 bits per heavy atom. The summed E-state index contributed by atoms with van der Waals surface area (Å²) in [5.41, 5.74) is 3.82. The van der Waals surface area contributed by atoms with Crippen molar-refractivity contribution in [1.29, 1.82) is 0 Å². The minimum absolute atomic E-state index is 0.0498. The second-order valence-corrected chi connectivity index (χ2v) is 7.00. The lowest BCUT2D eigenvalue weighted by atomic mass is 10.1. The van der Waals surface area contributed by atoms with Crippen LogP contribution in [0.2, 0.25) is 0 Å².